The fourth-order valence-electron chi connectivity index (χ4n) is 3.63. The van der Waals surface area contributed by atoms with Crippen molar-refractivity contribution in [2.24, 2.45) is 0 Å². The molecule has 0 aromatic heterocycles. The zero-order valence-electron chi connectivity index (χ0n) is 14.8. The van der Waals surface area contributed by atoms with Crippen LogP contribution in [0.15, 0.2) is 72.8 Å². The minimum atomic E-state index is -3.88. The maximum absolute atomic E-state index is 13.3. The van der Waals surface area contributed by atoms with E-state index >= 15 is 0 Å². The molecule has 0 atom stereocenters. The minimum Gasteiger partial charge on any atom is -0.394 e. The number of alkyl halides is 1. The topological polar surface area (TPSA) is 44.8 Å². The summed E-state index contributed by atoms with van der Waals surface area (Å²) in [5.41, 5.74) is 1.69. The van der Waals surface area contributed by atoms with Gasteiger partial charge in [0.2, 0.25) is 0 Å². The van der Waals surface area contributed by atoms with E-state index < -0.39 is 7.82 Å². The van der Waals surface area contributed by atoms with E-state index in [-0.39, 0.29) is 12.5 Å². The third-order valence-corrected chi connectivity index (χ3v) is 6.27. The van der Waals surface area contributed by atoms with Crippen LogP contribution in [0, 0.1) is 0 Å². The van der Waals surface area contributed by atoms with Gasteiger partial charge in [0.05, 0.1) is 6.61 Å². The number of rotatable bonds is 3. The second-order valence-electron chi connectivity index (χ2n) is 6.47. The third-order valence-electron chi connectivity index (χ3n) is 4.78. The normalized spacial score (nSPS) is 14.6. The van der Waals surface area contributed by atoms with Gasteiger partial charge in [0, 0.05) is 17.0 Å². The molecule has 0 bridgehead atoms. The smallest absolute Gasteiger partial charge is 0.394 e. The molecule has 0 radical (unpaired) electrons. The fourth-order valence-corrected chi connectivity index (χ4v) is 5.06. The molecule has 6 heteroatoms. The van der Waals surface area contributed by atoms with Gasteiger partial charge in [-0.05, 0) is 33.7 Å². The Morgan fingerprint density at radius 3 is 1.75 bits per heavy atom. The van der Waals surface area contributed by atoms with E-state index in [0.717, 1.165) is 32.7 Å². The van der Waals surface area contributed by atoms with E-state index in [1.165, 1.54) is 0 Å². The molecule has 1 aliphatic heterocycles. The van der Waals surface area contributed by atoms with Crippen molar-refractivity contribution < 1.29 is 18.1 Å². The van der Waals surface area contributed by atoms with E-state index in [9.17, 15) is 4.57 Å². The third kappa shape index (κ3) is 2.85. The van der Waals surface area contributed by atoms with Gasteiger partial charge in [-0.1, -0.05) is 60.7 Å². The second-order valence-corrected chi connectivity index (χ2v) is 8.37. The Morgan fingerprint density at radius 2 is 1.25 bits per heavy atom. The van der Waals surface area contributed by atoms with Crippen LogP contribution in [0.5, 0.6) is 11.5 Å². The van der Waals surface area contributed by atoms with Crippen molar-refractivity contribution in [3.8, 4) is 22.6 Å². The summed E-state index contributed by atoms with van der Waals surface area (Å²) in [6.07, 6.45) is 0. The summed E-state index contributed by atoms with van der Waals surface area (Å²) in [6, 6.07) is 23.6. The fraction of sp³-hybridized carbons (Fsp3) is 0.0909. The van der Waals surface area contributed by atoms with Gasteiger partial charge in [-0.25, -0.2) is 4.57 Å². The molecular formula is C22H16ClO4P. The molecule has 0 unspecified atom stereocenters. The van der Waals surface area contributed by atoms with Crippen LogP contribution in [0.4, 0.5) is 0 Å². The summed E-state index contributed by atoms with van der Waals surface area (Å²) in [6.45, 7) is 0.0602. The SMILES string of the molecule is O=P1(OCCCl)Oc2ccc3ccccc3c2-c2c(ccc3ccccc23)O1. The minimum absolute atomic E-state index is 0.0602. The highest BCUT2D eigenvalue weighted by molar-refractivity contribution is 7.49. The Kier molecular flexibility index (Phi) is 4.28. The van der Waals surface area contributed by atoms with Crippen LogP contribution < -0.4 is 9.05 Å². The van der Waals surface area contributed by atoms with Gasteiger partial charge in [-0.15, -0.1) is 11.6 Å². The largest absolute Gasteiger partial charge is 0.587 e. The summed E-state index contributed by atoms with van der Waals surface area (Å²) in [5.74, 6) is 1.12. The lowest BCUT2D eigenvalue weighted by Crippen LogP contribution is -2.05. The van der Waals surface area contributed by atoms with Crippen molar-refractivity contribution >= 4 is 41.0 Å². The van der Waals surface area contributed by atoms with Crippen molar-refractivity contribution in [1.29, 1.82) is 0 Å². The molecule has 1 heterocycles. The first-order valence-electron chi connectivity index (χ1n) is 8.92. The van der Waals surface area contributed by atoms with Crippen molar-refractivity contribution in [3.05, 3.63) is 72.8 Å². The van der Waals surface area contributed by atoms with Crippen molar-refractivity contribution in [1.82, 2.24) is 0 Å². The number of fused-ring (bicyclic) bond motifs is 7. The first kappa shape index (κ1) is 17.6. The van der Waals surface area contributed by atoms with E-state index in [1.54, 1.807) is 0 Å². The van der Waals surface area contributed by atoms with E-state index in [1.807, 2.05) is 72.8 Å². The first-order chi connectivity index (χ1) is 13.7. The molecule has 4 nitrogen and oxygen atoms in total. The molecule has 4 aromatic rings. The highest BCUT2D eigenvalue weighted by Gasteiger charge is 2.37. The summed E-state index contributed by atoms with van der Waals surface area (Å²) >= 11 is 5.72. The van der Waals surface area contributed by atoms with Crippen LogP contribution in [0.1, 0.15) is 0 Å². The van der Waals surface area contributed by atoms with Gasteiger partial charge in [0.15, 0.2) is 0 Å². The quantitative estimate of drug-likeness (QED) is 0.275. The highest BCUT2D eigenvalue weighted by Crippen LogP contribution is 2.59. The average Bonchev–Trinajstić information content (AvgIpc) is 2.86. The number of phosphoric ester groups is 1. The number of hydrogen-bond acceptors (Lipinski definition) is 4. The van der Waals surface area contributed by atoms with Crippen LogP contribution in [-0.2, 0) is 9.09 Å². The Labute approximate surface area is 167 Å². The first-order valence-corrected chi connectivity index (χ1v) is 10.9. The number of benzene rings is 4. The molecule has 1 aliphatic rings. The zero-order valence-corrected chi connectivity index (χ0v) is 16.5. The molecule has 0 spiro atoms. The second kappa shape index (κ2) is 6.82. The lowest BCUT2D eigenvalue weighted by molar-refractivity contribution is 0.223. The van der Waals surface area contributed by atoms with Gasteiger partial charge in [0.1, 0.15) is 11.5 Å². The van der Waals surface area contributed by atoms with Crippen LogP contribution in [0.25, 0.3) is 32.7 Å². The lowest BCUT2D eigenvalue weighted by atomic mass is 9.92. The van der Waals surface area contributed by atoms with Gasteiger partial charge in [-0.2, -0.15) is 0 Å². The Morgan fingerprint density at radius 1 is 0.750 bits per heavy atom. The van der Waals surface area contributed by atoms with Gasteiger partial charge in [-0.3, -0.25) is 4.52 Å². The summed E-state index contributed by atoms with van der Waals surface area (Å²) in [7, 11) is -3.88. The van der Waals surface area contributed by atoms with E-state index in [2.05, 4.69) is 0 Å². The average molecular weight is 411 g/mol. The molecule has 140 valence electrons. The van der Waals surface area contributed by atoms with Crippen LogP contribution >= 0.6 is 19.4 Å². The summed E-state index contributed by atoms with van der Waals surface area (Å²) in [5, 5.41) is 4.10. The maximum Gasteiger partial charge on any atom is 0.587 e. The lowest BCUT2D eigenvalue weighted by Gasteiger charge is -2.16. The van der Waals surface area contributed by atoms with Gasteiger partial charge in [0.25, 0.3) is 0 Å². The molecule has 0 N–H and O–H groups in total. The van der Waals surface area contributed by atoms with Crippen LogP contribution in [0.3, 0.4) is 0 Å². The predicted molar refractivity (Wildman–Crippen MR) is 112 cm³/mol. The molecule has 5 rings (SSSR count). The van der Waals surface area contributed by atoms with E-state index in [0.29, 0.717) is 11.5 Å². The van der Waals surface area contributed by atoms with E-state index in [4.69, 9.17) is 25.2 Å². The molecular weight excluding hydrogens is 395 g/mol. The van der Waals surface area contributed by atoms with Gasteiger partial charge >= 0.3 is 7.82 Å². The molecule has 4 aromatic carbocycles. The molecule has 0 saturated carbocycles. The highest BCUT2D eigenvalue weighted by atomic mass is 35.5. The summed E-state index contributed by atoms with van der Waals surface area (Å²) in [4.78, 5) is 0. The molecule has 0 aliphatic carbocycles. The molecule has 0 saturated heterocycles. The number of phosphoric acid groups is 1. The predicted octanol–water partition coefficient (Wildman–Crippen LogP) is 6.79. The van der Waals surface area contributed by atoms with Crippen LogP contribution in [-0.4, -0.2) is 12.5 Å². The molecule has 0 fully saturated rings. The maximum atomic E-state index is 13.3. The van der Waals surface area contributed by atoms with Crippen molar-refractivity contribution in [2.75, 3.05) is 12.5 Å². The Hall–Kier alpha value is -2.52. The van der Waals surface area contributed by atoms with Crippen molar-refractivity contribution in [2.45, 2.75) is 0 Å². The Bertz CT molecular complexity index is 1160. The van der Waals surface area contributed by atoms with Gasteiger partial charge < -0.3 is 9.05 Å². The summed E-state index contributed by atoms with van der Waals surface area (Å²) < 4.78 is 30.4. The monoisotopic (exact) mass is 410 g/mol. The Balaban J connectivity index is 1.89. The van der Waals surface area contributed by atoms with Crippen LogP contribution in [0.2, 0.25) is 0 Å². The standard InChI is InChI=1S/C22H16ClO4P/c23-13-14-25-28(24)26-19-11-9-15-5-1-3-7-17(15)21(19)22-18-8-4-2-6-16(18)10-12-20(22)27-28/h1-12H,13-14H2. The molecule has 28 heavy (non-hydrogen) atoms. The van der Waals surface area contributed by atoms with Crippen molar-refractivity contribution in [3.63, 3.8) is 0 Å². The molecule has 0 amide bonds. The number of hydrogen-bond donors (Lipinski definition) is 0. The zero-order chi connectivity index (χ0) is 19.1. The number of halogens is 1.